The van der Waals surface area contributed by atoms with Crippen LogP contribution in [0.3, 0.4) is 0 Å². The monoisotopic (exact) mass is 284 g/mol. The minimum atomic E-state index is -0.0619. The molecule has 1 heterocycles. The third kappa shape index (κ3) is 4.90. The number of pyridine rings is 1. The Morgan fingerprint density at radius 3 is 2.67 bits per heavy atom. The van der Waals surface area contributed by atoms with Gasteiger partial charge in [-0.25, -0.2) is 0 Å². The van der Waals surface area contributed by atoms with Crippen molar-refractivity contribution < 1.29 is 9.84 Å². The van der Waals surface area contributed by atoms with Crippen molar-refractivity contribution in [1.82, 2.24) is 4.98 Å². The van der Waals surface area contributed by atoms with E-state index in [1.54, 1.807) is 24.4 Å². The zero-order valence-electron chi connectivity index (χ0n) is 12.6. The van der Waals surface area contributed by atoms with E-state index >= 15 is 0 Å². The number of benzene rings is 1. The number of aryl methyl sites for hydroxylation is 1. The molecule has 0 saturated heterocycles. The van der Waals surface area contributed by atoms with Crippen LogP contribution in [0.2, 0.25) is 0 Å². The highest BCUT2D eigenvalue weighted by Crippen LogP contribution is 2.18. The molecule has 21 heavy (non-hydrogen) atoms. The lowest BCUT2D eigenvalue weighted by Crippen LogP contribution is -2.00. The Morgan fingerprint density at radius 2 is 2.00 bits per heavy atom. The first kappa shape index (κ1) is 16.7. The first-order chi connectivity index (χ1) is 10.2. The van der Waals surface area contributed by atoms with E-state index in [1.807, 2.05) is 32.9 Å². The van der Waals surface area contributed by atoms with E-state index in [0.29, 0.717) is 23.5 Å². The molecule has 0 fully saturated rings. The predicted octanol–water partition coefficient (Wildman–Crippen LogP) is 3.36. The molecule has 2 aromatic rings. The summed E-state index contributed by atoms with van der Waals surface area (Å²) in [6.07, 6.45) is 1.62. The van der Waals surface area contributed by atoms with E-state index in [4.69, 9.17) is 15.1 Å². The summed E-state index contributed by atoms with van der Waals surface area (Å²) in [4.78, 5) is 4.16. The van der Waals surface area contributed by atoms with Crippen LogP contribution < -0.4 is 4.74 Å². The average Bonchev–Trinajstić information content (AvgIpc) is 2.56. The Balaban J connectivity index is 0.00000106. The molecule has 0 aliphatic heterocycles. The van der Waals surface area contributed by atoms with Crippen LogP contribution in [0.25, 0.3) is 0 Å². The van der Waals surface area contributed by atoms with E-state index in [1.165, 1.54) is 0 Å². The molecule has 0 saturated carbocycles. The summed E-state index contributed by atoms with van der Waals surface area (Å²) >= 11 is 0. The maximum atomic E-state index is 9.07. The average molecular weight is 284 g/mol. The largest absolute Gasteiger partial charge is 0.487 e. The third-order valence-electron chi connectivity index (χ3n) is 2.73. The Morgan fingerprint density at radius 1 is 1.24 bits per heavy atom. The minimum absolute atomic E-state index is 0.0619. The number of aliphatic hydroxyl groups excluding tert-OH is 1. The number of aromatic nitrogens is 1. The van der Waals surface area contributed by atoms with E-state index in [9.17, 15) is 0 Å². The number of hydrogen-bond acceptors (Lipinski definition) is 4. The van der Waals surface area contributed by atoms with Crippen LogP contribution in [0.5, 0.6) is 5.75 Å². The summed E-state index contributed by atoms with van der Waals surface area (Å²) in [5.41, 5.74) is 3.02. The molecule has 0 atom stereocenters. The van der Waals surface area contributed by atoms with Crippen LogP contribution in [0.15, 0.2) is 36.5 Å². The van der Waals surface area contributed by atoms with Crippen molar-refractivity contribution in [2.45, 2.75) is 34.0 Å². The van der Waals surface area contributed by atoms with Crippen LogP contribution in [0.1, 0.15) is 36.2 Å². The summed E-state index contributed by atoms with van der Waals surface area (Å²) in [5.74, 6) is 0.647. The summed E-state index contributed by atoms with van der Waals surface area (Å²) in [6, 6.07) is 11.1. The molecule has 0 aliphatic carbocycles. The normalized spacial score (nSPS) is 9.29. The summed E-state index contributed by atoms with van der Waals surface area (Å²) < 4.78 is 5.68. The maximum Gasteiger partial charge on any atom is 0.141 e. The second-order valence-electron chi connectivity index (χ2n) is 4.19. The molecule has 0 radical (unpaired) electrons. The number of ether oxygens (including phenoxy) is 1. The second kappa shape index (κ2) is 8.72. The lowest BCUT2D eigenvalue weighted by molar-refractivity contribution is 0.276. The smallest absolute Gasteiger partial charge is 0.141 e. The highest BCUT2D eigenvalue weighted by Gasteiger charge is 2.04. The quantitative estimate of drug-likeness (QED) is 0.935. The second-order valence-corrected chi connectivity index (χ2v) is 4.19. The molecular formula is C17H20N2O2. The van der Waals surface area contributed by atoms with Gasteiger partial charge in [-0.2, -0.15) is 5.26 Å². The number of nitrogens with zero attached hydrogens (tertiary/aromatic N) is 2. The van der Waals surface area contributed by atoms with Gasteiger partial charge in [0, 0.05) is 6.20 Å². The Kier molecular flexibility index (Phi) is 6.93. The fraction of sp³-hybridized carbons (Fsp3) is 0.294. The van der Waals surface area contributed by atoms with Gasteiger partial charge in [-0.3, -0.25) is 4.98 Å². The van der Waals surface area contributed by atoms with Gasteiger partial charge in [0.1, 0.15) is 12.4 Å². The molecule has 0 bridgehead atoms. The standard InChI is InChI=1S/C15H14N2O2.C2H6/c1-11-15(6-14(9-18)8-17-11)19-10-13-4-2-3-12(5-13)7-16;1-2/h2-6,8,18H,9-10H2,1H3;1-2H3. The van der Waals surface area contributed by atoms with E-state index in [0.717, 1.165) is 11.3 Å². The molecule has 1 N–H and O–H groups in total. The van der Waals surface area contributed by atoms with Gasteiger partial charge < -0.3 is 9.84 Å². The van der Waals surface area contributed by atoms with Gasteiger partial charge in [0.25, 0.3) is 0 Å². The maximum absolute atomic E-state index is 9.07. The molecule has 0 spiro atoms. The Hall–Kier alpha value is -2.38. The fourth-order valence-corrected chi connectivity index (χ4v) is 1.68. The number of rotatable bonds is 4. The fourth-order valence-electron chi connectivity index (χ4n) is 1.68. The molecule has 0 aliphatic rings. The van der Waals surface area contributed by atoms with Crippen molar-refractivity contribution in [3.8, 4) is 11.8 Å². The van der Waals surface area contributed by atoms with Gasteiger partial charge in [-0.05, 0) is 36.2 Å². The van der Waals surface area contributed by atoms with Crippen LogP contribution >= 0.6 is 0 Å². The lowest BCUT2D eigenvalue weighted by Gasteiger charge is -2.09. The van der Waals surface area contributed by atoms with Crippen molar-refractivity contribution in [3.63, 3.8) is 0 Å². The molecule has 4 nitrogen and oxygen atoms in total. The lowest BCUT2D eigenvalue weighted by atomic mass is 10.1. The SMILES string of the molecule is CC.Cc1ncc(CO)cc1OCc1cccc(C#N)c1. The van der Waals surface area contributed by atoms with Crippen molar-refractivity contribution in [1.29, 1.82) is 5.26 Å². The van der Waals surface area contributed by atoms with Crippen LogP contribution in [0.4, 0.5) is 0 Å². The molecule has 4 heteroatoms. The van der Waals surface area contributed by atoms with E-state index in [2.05, 4.69) is 11.1 Å². The molecular weight excluding hydrogens is 264 g/mol. The summed E-state index contributed by atoms with van der Waals surface area (Å²) in [6.45, 7) is 6.16. The zero-order chi connectivity index (χ0) is 15.7. The summed E-state index contributed by atoms with van der Waals surface area (Å²) in [5, 5.41) is 17.9. The van der Waals surface area contributed by atoms with Crippen molar-refractivity contribution in [2.24, 2.45) is 0 Å². The number of aliphatic hydroxyl groups is 1. The summed E-state index contributed by atoms with van der Waals surface area (Å²) in [7, 11) is 0. The molecule has 1 aromatic carbocycles. The third-order valence-corrected chi connectivity index (χ3v) is 2.73. The van der Waals surface area contributed by atoms with E-state index in [-0.39, 0.29) is 6.61 Å². The Bertz CT molecular complexity index is 618. The Labute approximate surface area is 125 Å². The van der Waals surface area contributed by atoms with Gasteiger partial charge >= 0.3 is 0 Å². The van der Waals surface area contributed by atoms with Crippen LogP contribution in [-0.4, -0.2) is 10.1 Å². The van der Waals surface area contributed by atoms with Crippen molar-refractivity contribution >= 4 is 0 Å². The molecule has 110 valence electrons. The van der Waals surface area contributed by atoms with Crippen LogP contribution in [0, 0.1) is 18.3 Å². The van der Waals surface area contributed by atoms with Gasteiger partial charge in [-0.1, -0.05) is 26.0 Å². The number of nitriles is 1. The zero-order valence-corrected chi connectivity index (χ0v) is 12.6. The van der Waals surface area contributed by atoms with Gasteiger partial charge in [0.15, 0.2) is 0 Å². The molecule has 0 amide bonds. The van der Waals surface area contributed by atoms with Gasteiger partial charge in [0.05, 0.1) is 23.9 Å². The van der Waals surface area contributed by atoms with Gasteiger partial charge in [-0.15, -0.1) is 0 Å². The topological polar surface area (TPSA) is 66.1 Å². The van der Waals surface area contributed by atoms with Crippen molar-refractivity contribution in [3.05, 3.63) is 58.9 Å². The molecule has 0 unspecified atom stereocenters. The molecule has 2 rings (SSSR count). The van der Waals surface area contributed by atoms with Gasteiger partial charge in [0.2, 0.25) is 0 Å². The first-order valence-corrected chi connectivity index (χ1v) is 6.91. The highest BCUT2D eigenvalue weighted by atomic mass is 16.5. The highest BCUT2D eigenvalue weighted by molar-refractivity contribution is 5.34. The van der Waals surface area contributed by atoms with E-state index < -0.39 is 0 Å². The predicted molar refractivity (Wildman–Crippen MR) is 81.7 cm³/mol. The molecule has 1 aromatic heterocycles. The first-order valence-electron chi connectivity index (χ1n) is 6.91. The van der Waals surface area contributed by atoms with Crippen LogP contribution in [-0.2, 0) is 13.2 Å². The minimum Gasteiger partial charge on any atom is -0.487 e. The number of hydrogen-bond donors (Lipinski definition) is 1. The van der Waals surface area contributed by atoms with Crippen molar-refractivity contribution in [2.75, 3.05) is 0 Å².